The summed E-state index contributed by atoms with van der Waals surface area (Å²) in [6.07, 6.45) is 11.1. The van der Waals surface area contributed by atoms with Crippen LogP contribution in [0.4, 0.5) is 0 Å². The average molecular weight is 294 g/mol. The van der Waals surface area contributed by atoms with Crippen molar-refractivity contribution in [3.63, 3.8) is 0 Å². The van der Waals surface area contributed by atoms with E-state index < -0.39 is 0 Å². The van der Waals surface area contributed by atoms with E-state index in [1.54, 1.807) is 29.3 Å². The molecular formula is C13H14N2O2S2. The van der Waals surface area contributed by atoms with Gasteiger partial charge in [0.15, 0.2) is 0 Å². The summed E-state index contributed by atoms with van der Waals surface area (Å²) in [7, 11) is 1.59. The zero-order valence-electron chi connectivity index (χ0n) is 10.7. The average Bonchev–Trinajstić information content (AvgIpc) is 2.71. The Bertz CT molecular complexity index is 521. The molecule has 0 spiro atoms. The molecule has 19 heavy (non-hydrogen) atoms. The number of rotatable bonds is 3. The molecule has 0 N–H and O–H groups in total. The maximum absolute atomic E-state index is 12.0. The van der Waals surface area contributed by atoms with Crippen LogP contribution in [0.3, 0.4) is 0 Å². The van der Waals surface area contributed by atoms with E-state index in [9.17, 15) is 4.79 Å². The molecule has 2 rings (SSSR count). The summed E-state index contributed by atoms with van der Waals surface area (Å²) in [6.45, 7) is 2.51. The van der Waals surface area contributed by atoms with Gasteiger partial charge in [-0.1, -0.05) is 30.1 Å². The van der Waals surface area contributed by atoms with Gasteiger partial charge in [0.05, 0.1) is 17.7 Å². The lowest BCUT2D eigenvalue weighted by molar-refractivity contribution is -0.122. The van der Waals surface area contributed by atoms with E-state index >= 15 is 0 Å². The van der Waals surface area contributed by atoms with E-state index in [-0.39, 0.29) is 5.91 Å². The Morgan fingerprint density at radius 2 is 2.21 bits per heavy atom. The van der Waals surface area contributed by atoms with E-state index in [4.69, 9.17) is 17.1 Å². The summed E-state index contributed by atoms with van der Waals surface area (Å²) >= 11 is 6.48. The largest absolute Gasteiger partial charge is 0.293 e. The van der Waals surface area contributed by atoms with Gasteiger partial charge < -0.3 is 0 Å². The molecule has 1 amide bonds. The van der Waals surface area contributed by atoms with Gasteiger partial charge >= 0.3 is 0 Å². The lowest BCUT2D eigenvalue weighted by Gasteiger charge is -2.19. The summed E-state index contributed by atoms with van der Waals surface area (Å²) in [5, 5.41) is 1.62. The summed E-state index contributed by atoms with van der Waals surface area (Å²) in [5.41, 5.74) is 0.853. The van der Waals surface area contributed by atoms with Crippen molar-refractivity contribution in [3.8, 4) is 0 Å². The number of thioether (sulfide) groups is 1. The third-order valence-corrected chi connectivity index (χ3v) is 4.04. The van der Waals surface area contributed by atoms with Crippen molar-refractivity contribution >= 4 is 34.2 Å². The van der Waals surface area contributed by atoms with E-state index in [0.717, 1.165) is 5.70 Å². The second-order valence-corrected chi connectivity index (χ2v) is 5.42. The monoisotopic (exact) mass is 294 g/mol. The minimum absolute atomic E-state index is 0.0337. The maximum Gasteiger partial charge on any atom is 0.266 e. The van der Waals surface area contributed by atoms with Crippen LogP contribution in [0.5, 0.6) is 0 Å². The molecule has 0 aromatic heterocycles. The van der Waals surface area contributed by atoms with Crippen LogP contribution in [-0.2, 0) is 9.63 Å². The van der Waals surface area contributed by atoms with Crippen molar-refractivity contribution in [2.75, 3.05) is 13.7 Å². The molecule has 0 atom stereocenters. The highest BCUT2D eigenvalue weighted by Crippen LogP contribution is 2.30. The van der Waals surface area contributed by atoms with Crippen LogP contribution in [0.1, 0.15) is 6.92 Å². The standard InChI is InChI=1S/C13H14N2O2S2/c1-3-14-12(16)11(19-13(14)18)8-7-10-6-4-5-9-15(10)17-2/h4-9H,3H2,1-2H3. The molecule has 0 saturated carbocycles. The van der Waals surface area contributed by atoms with Gasteiger partial charge in [0.1, 0.15) is 4.32 Å². The van der Waals surface area contributed by atoms with E-state index in [1.165, 1.54) is 11.8 Å². The minimum atomic E-state index is -0.0337. The Morgan fingerprint density at radius 1 is 1.42 bits per heavy atom. The van der Waals surface area contributed by atoms with Crippen LogP contribution >= 0.6 is 24.0 Å². The SMILES string of the molecule is CCN1C(=O)C(=CC=C2C=CC=CN2OC)SC1=S. The van der Waals surface area contributed by atoms with Crippen molar-refractivity contribution in [3.05, 3.63) is 47.2 Å². The lowest BCUT2D eigenvalue weighted by atomic mass is 10.3. The zero-order valence-corrected chi connectivity index (χ0v) is 12.3. The maximum atomic E-state index is 12.0. The highest BCUT2D eigenvalue weighted by Gasteiger charge is 2.30. The highest BCUT2D eigenvalue weighted by molar-refractivity contribution is 8.26. The second-order valence-electron chi connectivity index (χ2n) is 3.75. The number of thiocarbonyl (C=S) groups is 1. The van der Waals surface area contributed by atoms with Crippen molar-refractivity contribution in [2.45, 2.75) is 6.92 Å². The van der Waals surface area contributed by atoms with Crippen molar-refractivity contribution < 1.29 is 9.63 Å². The zero-order chi connectivity index (χ0) is 13.8. The fourth-order valence-electron chi connectivity index (χ4n) is 1.68. The Kier molecular flexibility index (Phi) is 4.57. The van der Waals surface area contributed by atoms with Crippen LogP contribution in [0, 0.1) is 0 Å². The van der Waals surface area contributed by atoms with Crippen molar-refractivity contribution in [2.24, 2.45) is 0 Å². The first kappa shape index (κ1) is 14.0. The van der Waals surface area contributed by atoms with Crippen LogP contribution < -0.4 is 0 Å². The molecule has 4 nitrogen and oxygen atoms in total. The number of likely N-dealkylation sites (N-methyl/N-ethyl adjacent to an activating group) is 1. The van der Waals surface area contributed by atoms with Gasteiger partial charge in [-0.05, 0) is 31.2 Å². The molecule has 0 aliphatic carbocycles. The van der Waals surface area contributed by atoms with Crippen LogP contribution in [0.25, 0.3) is 0 Å². The number of hydrogen-bond acceptors (Lipinski definition) is 5. The third-order valence-electron chi connectivity index (χ3n) is 2.65. The van der Waals surface area contributed by atoms with Gasteiger partial charge in [0.25, 0.3) is 5.91 Å². The van der Waals surface area contributed by atoms with Crippen LogP contribution in [0.2, 0.25) is 0 Å². The van der Waals surface area contributed by atoms with Crippen LogP contribution in [-0.4, -0.2) is 33.8 Å². The Labute approximate surface area is 122 Å². The fourth-order valence-corrected chi connectivity index (χ4v) is 3.01. The number of hydroxylamine groups is 2. The molecular weight excluding hydrogens is 280 g/mol. The van der Waals surface area contributed by atoms with Gasteiger partial charge in [-0.25, -0.2) is 5.06 Å². The predicted molar refractivity (Wildman–Crippen MR) is 80.9 cm³/mol. The Balaban J connectivity index is 2.19. The molecule has 0 aromatic rings. The normalized spacial score (nSPS) is 23.3. The first-order valence-electron chi connectivity index (χ1n) is 5.81. The summed E-state index contributed by atoms with van der Waals surface area (Å²) in [6, 6.07) is 0. The van der Waals surface area contributed by atoms with E-state index in [2.05, 4.69) is 0 Å². The highest BCUT2D eigenvalue weighted by atomic mass is 32.2. The Hall–Kier alpha value is -1.37. The molecule has 1 fully saturated rings. The summed E-state index contributed by atoms with van der Waals surface area (Å²) in [5.74, 6) is -0.0337. The van der Waals surface area contributed by atoms with Gasteiger partial charge in [0.2, 0.25) is 0 Å². The van der Waals surface area contributed by atoms with E-state index in [0.29, 0.717) is 15.8 Å². The Morgan fingerprint density at radius 3 is 2.84 bits per heavy atom. The molecule has 2 aliphatic rings. The molecule has 6 heteroatoms. The van der Waals surface area contributed by atoms with Crippen LogP contribution in [0.15, 0.2) is 47.2 Å². The molecule has 0 bridgehead atoms. The second kappa shape index (κ2) is 6.18. The molecule has 100 valence electrons. The summed E-state index contributed by atoms with van der Waals surface area (Å²) < 4.78 is 0.611. The smallest absolute Gasteiger partial charge is 0.266 e. The van der Waals surface area contributed by atoms with Gasteiger partial charge in [-0.2, -0.15) is 0 Å². The molecule has 2 aliphatic heterocycles. The number of amides is 1. The number of nitrogens with zero attached hydrogens (tertiary/aromatic N) is 2. The molecule has 0 unspecified atom stereocenters. The number of allylic oxidation sites excluding steroid dienone is 5. The molecule has 1 saturated heterocycles. The minimum Gasteiger partial charge on any atom is -0.293 e. The number of carbonyl (C=O) groups is 1. The fraction of sp³-hybridized carbons (Fsp3) is 0.231. The third kappa shape index (κ3) is 2.97. The number of carbonyl (C=O) groups excluding carboxylic acids is 1. The lowest BCUT2D eigenvalue weighted by Crippen LogP contribution is -2.27. The van der Waals surface area contributed by atoms with E-state index in [1.807, 2.05) is 31.2 Å². The van der Waals surface area contributed by atoms with Gasteiger partial charge in [-0.3, -0.25) is 14.5 Å². The predicted octanol–water partition coefficient (Wildman–Crippen LogP) is 2.58. The van der Waals surface area contributed by atoms with Crippen molar-refractivity contribution in [1.29, 1.82) is 0 Å². The summed E-state index contributed by atoms with van der Waals surface area (Å²) in [4.78, 5) is 19.4. The first-order chi connectivity index (χ1) is 9.17. The van der Waals surface area contributed by atoms with Crippen molar-refractivity contribution in [1.82, 2.24) is 9.96 Å². The quantitative estimate of drug-likeness (QED) is 0.590. The molecule has 0 aromatic carbocycles. The topological polar surface area (TPSA) is 32.8 Å². The van der Waals surface area contributed by atoms with Gasteiger partial charge in [0, 0.05) is 12.7 Å². The first-order valence-corrected chi connectivity index (χ1v) is 7.03. The molecule has 2 heterocycles. The molecule has 0 radical (unpaired) electrons. The van der Waals surface area contributed by atoms with Gasteiger partial charge in [-0.15, -0.1) is 0 Å². The number of hydrogen-bond donors (Lipinski definition) is 0.